The number of alkyl halides is 3. The van der Waals surface area contributed by atoms with Crippen LogP contribution in [0.5, 0.6) is 0 Å². The Hall–Kier alpha value is -4.18. The molecule has 0 aliphatic rings. The largest absolute Gasteiger partial charge is 0.435 e. The van der Waals surface area contributed by atoms with Gasteiger partial charge in [0.25, 0.3) is 0 Å². The molecule has 0 fully saturated rings. The van der Waals surface area contributed by atoms with Crippen molar-refractivity contribution in [3.8, 4) is 22.9 Å². The molecule has 4 nitrogen and oxygen atoms in total. The number of nitriles is 1. The topological polar surface area (TPSA) is 58.7 Å². The molecule has 0 unspecified atom stereocenters. The van der Waals surface area contributed by atoms with Crippen molar-refractivity contribution in [3.63, 3.8) is 0 Å². The average molecular weight is 417 g/mol. The zero-order chi connectivity index (χ0) is 22.0. The molecular weight excluding hydrogens is 403 g/mol. The minimum atomic E-state index is -4.72. The van der Waals surface area contributed by atoms with Crippen LogP contribution in [-0.4, -0.2) is 15.6 Å². The van der Waals surface area contributed by atoms with Gasteiger partial charge in [0, 0.05) is 11.6 Å². The number of hydrogen-bond donors (Lipinski definition) is 0. The molecule has 0 radical (unpaired) electrons. The molecule has 0 N–H and O–H groups in total. The monoisotopic (exact) mass is 417 g/mol. The summed E-state index contributed by atoms with van der Waals surface area (Å²) >= 11 is 0. The second kappa shape index (κ2) is 7.92. The Morgan fingerprint density at radius 3 is 2.19 bits per heavy atom. The normalized spacial score (nSPS) is 11.2. The average Bonchev–Trinajstić information content (AvgIpc) is 3.25. The summed E-state index contributed by atoms with van der Waals surface area (Å²) in [5, 5.41) is 12.7. The standard InChI is InChI=1S/C24H14F3N3O/c25-24(26,27)22-14-21(30(29-22)20-8-4-5-16(13-20)15-28)23(31)19-11-9-18(10-12-19)17-6-2-1-3-7-17/h1-14H. The highest BCUT2D eigenvalue weighted by Gasteiger charge is 2.36. The van der Waals surface area contributed by atoms with E-state index in [9.17, 15) is 18.0 Å². The maximum Gasteiger partial charge on any atom is 0.435 e. The summed E-state index contributed by atoms with van der Waals surface area (Å²) in [6, 6.07) is 24.7. The second-order valence-corrected chi connectivity index (χ2v) is 6.76. The van der Waals surface area contributed by atoms with Gasteiger partial charge in [-0.05, 0) is 29.3 Å². The molecule has 4 rings (SSSR count). The molecule has 0 saturated heterocycles. The molecule has 0 aliphatic heterocycles. The van der Waals surface area contributed by atoms with E-state index in [1.165, 1.54) is 24.3 Å². The van der Waals surface area contributed by atoms with Crippen molar-refractivity contribution in [2.45, 2.75) is 6.18 Å². The van der Waals surface area contributed by atoms with E-state index in [2.05, 4.69) is 5.10 Å². The highest BCUT2D eigenvalue weighted by Crippen LogP contribution is 2.30. The summed E-state index contributed by atoms with van der Waals surface area (Å²) in [7, 11) is 0. The molecule has 0 spiro atoms. The highest BCUT2D eigenvalue weighted by atomic mass is 19.4. The second-order valence-electron chi connectivity index (χ2n) is 6.76. The molecule has 1 aromatic heterocycles. The fraction of sp³-hybridized carbons (Fsp3) is 0.0417. The molecular formula is C24H14F3N3O. The quantitative estimate of drug-likeness (QED) is 0.403. The number of halogens is 3. The van der Waals surface area contributed by atoms with Crippen LogP contribution >= 0.6 is 0 Å². The molecule has 4 aromatic rings. The summed E-state index contributed by atoms with van der Waals surface area (Å²) in [5.41, 5.74) is 1.08. The van der Waals surface area contributed by atoms with Crippen molar-refractivity contribution in [2.24, 2.45) is 0 Å². The van der Waals surface area contributed by atoms with E-state index in [0.29, 0.717) is 0 Å². The van der Waals surface area contributed by atoms with Crippen molar-refractivity contribution >= 4 is 5.78 Å². The van der Waals surface area contributed by atoms with E-state index in [1.807, 2.05) is 36.4 Å². The molecule has 7 heteroatoms. The van der Waals surface area contributed by atoms with Gasteiger partial charge in [-0.15, -0.1) is 0 Å². The van der Waals surface area contributed by atoms with Crippen molar-refractivity contribution in [3.05, 3.63) is 107 Å². The number of carbonyl (C=O) groups excluding carboxylic acids is 1. The lowest BCUT2D eigenvalue weighted by Gasteiger charge is -2.08. The lowest BCUT2D eigenvalue weighted by atomic mass is 10.0. The summed E-state index contributed by atoms with van der Waals surface area (Å²) in [6.45, 7) is 0. The van der Waals surface area contributed by atoms with Gasteiger partial charge in [-0.2, -0.15) is 23.5 Å². The number of rotatable bonds is 4. The van der Waals surface area contributed by atoms with Crippen molar-refractivity contribution in [1.29, 1.82) is 5.26 Å². The van der Waals surface area contributed by atoms with Crippen molar-refractivity contribution in [1.82, 2.24) is 9.78 Å². The molecule has 0 bridgehead atoms. The zero-order valence-corrected chi connectivity index (χ0v) is 16.0. The van der Waals surface area contributed by atoms with E-state index in [1.54, 1.807) is 24.3 Å². The third-order valence-electron chi connectivity index (χ3n) is 4.71. The van der Waals surface area contributed by atoms with Gasteiger partial charge >= 0.3 is 6.18 Å². The van der Waals surface area contributed by atoms with E-state index in [4.69, 9.17) is 5.26 Å². The third-order valence-corrected chi connectivity index (χ3v) is 4.71. The third kappa shape index (κ3) is 4.09. The van der Waals surface area contributed by atoms with Crippen LogP contribution in [0.4, 0.5) is 13.2 Å². The summed E-state index contributed by atoms with van der Waals surface area (Å²) in [6.07, 6.45) is -4.72. The van der Waals surface area contributed by atoms with Gasteiger partial charge in [0.1, 0.15) is 5.69 Å². The van der Waals surface area contributed by atoms with Crippen LogP contribution in [0.3, 0.4) is 0 Å². The van der Waals surface area contributed by atoms with Gasteiger partial charge in [0.2, 0.25) is 5.78 Å². The fourth-order valence-electron chi connectivity index (χ4n) is 3.18. The van der Waals surface area contributed by atoms with Crippen LogP contribution in [0, 0.1) is 11.3 Å². The highest BCUT2D eigenvalue weighted by molar-refractivity contribution is 6.08. The number of benzene rings is 3. The Morgan fingerprint density at radius 2 is 1.55 bits per heavy atom. The lowest BCUT2D eigenvalue weighted by Crippen LogP contribution is -2.10. The maximum absolute atomic E-state index is 13.3. The maximum atomic E-state index is 13.3. The van der Waals surface area contributed by atoms with Crippen LogP contribution in [0.25, 0.3) is 16.8 Å². The van der Waals surface area contributed by atoms with Gasteiger partial charge in [0.15, 0.2) is 5.69 Å². The Kier molecular flexibility index (Phi) is 5.14. The van der Waals surface area contributed by atoms with Gasteiger partial charge in [-0.3, -0.25) is 4.79 Å². The fourth-order valence-corrected chi connectivity index (χ4v) is 3.18. The van der Waals surface area contributed by atoms with Gasteiger partial charge < -0.3 is 0 Å². The zero-order valence-electron chi connectivity index (χ0n) is 16.0. The summed E-state index contributed by atoms with van der Waals surface area (Å²) in [4.78, 5) is 13.1. The molecule has 31 heavy (non-hydrogen) atoms. The first-order chi connectivity index (χ1) is 14.9. The Labute approximate surface area is 175 Å². The Bertz CT molecular complexity index is 1280. The Balaban J connectivity index is 1.77. The van der Waals surface area contributed by atoms with Crippen LogP contribution in [0.1, 0.15) is 27.3 Å². The molecule has 0 saturated carbocycles. The van der Waals surface area contributed by atoms with E-state index < -0.39 is 17.7 Å². The molecule has 3 aromatic carbocycles. The number of aromatic nitrogens is 2. The first kappa shape index (κ1) is 20.1. The Morgan fingerprint density at radius 1 is 0.871 bits per heavy atom. The van der Waals surface area contributed by atoms with E-state index >= 15 is 0 Å². The van der Waals surface area contributed by atoms with Crippen LogP contribution < -0.4 is 0 Å². The number of carbonyl (C=O) groups is 1. The molecule has 0 aliphatic carbocycles. The van der Waals surface area contributed by atoms with Gasteiger partial charge in [-0.25, -0.2) is 4.68 Å². The number of ketones is 1. The molecule has 152 valence electrons. The first-order valence-corrected chi connectivity index (χ1v) is 9.25. The SMILES string of the molecule is N#Cc1cccc(-n2nc(C(F)(F)F)cc2C(=O)c2ccc(-c3ccccc3)cc2)c1. The number of hydrogen-bond acceptors (Lipinski definition) is 3. The minimum absolute atomic E-state index is 0.193. The van der Waals surface area contributed by atoms with Crippen LogP contribution in [-0.2, 0) is 6.18 Å². The van der Waals surface area contributed by atoms with E-state index in [0.717, 1.165) is 21.9 Å². The predicted molar refractivity (Wildman–Crippen MR) is 109 cm³/mol. The summed E-state index contributed by atoms with van der Waals surface area (Å²) in [5.74, 6) is -0.607. The van der Waals surface area contributed by atoms with Crippen LogP contribution in [0.2, 0.25) is 0 Å². The minimum Gasteiger partial charge on any atom is -0.287 e. The van der Waals surface area contributed by atoms with Crippen molar-refractivity contribution < 1.29 is 18.0 Å². The smallest absolute Gasteiger partial charge is 0.287 e. The lowest BCUT2D eigenvalue weighted by molar-refractivity contribution is -0.141. The van der Waals surface area contributed by atoms with Gasteiger partial charge in [-0.1, -0.05) is 60.7 Å². The van der Waals surface area contributed by atoms with Crippen molar-refractivity contribution in [2.75, 3.05) is 0 Å². The van der Waals surface area contributed by atoms with Gasteiger partial charge in [0.05, 0.1) is 17.3 Å². The molecule has 1 heterocycles. The summed E-state index contributed by atoms with van der Waals surface area (Å²) < 4.78 is 40.9. The van der Waals surface area contributed by atoms with E-state index in [-0.39, 0.29) is 22.5 Å². The predicted octanol–water partition coefficient (Wildman–Crippen LogP) is 5.66. The first-order valence-electron chi connectivity index (χ1n) is 9.25. The van der Waals surface area contributed by atoms with Crippen LogP contribution in [0.15, 0.2) is 84.9 Å². The molecule has 0 atom stereocenters. The molecule has 0 amide bonds. The number of nitrogens with zero attached hydrogens (tertiary/aromatic N) is 3.